The fourth-order valence-corrected chi connectivity index (χ4v) is 4.39. The first-order valence-electron chi connectivity index (χ1n) is 7.35. The van der Waals surface area contributed by atoms with Crippen LogP contribution in [0.4, 0.5) is 4.39 Å². The van der Waals surface area contributed by atoms with Crippen LogP contribution in [0, 0.1) is 5.82 Å². The Morgan fingerprint density at radius 2 is 1.87 bits per heavy atom. The Hall–Kier alpha value is -1.38. The van der Waals surface area contributed by atoms with Crippen LogP contribution >= 0.6 is 11.6 Å². The number of rotatable bonds is 2. The third kappa shape index (κ3) is 3.15. The molecule has 9 heteroatoms. The van der Waals surface area contributed by atoms with Gasteiger partial charge in [0.05, 0.1) is 23.0 Å². The van der Waals surface area contributed by atoms with Gasteiger partial charge in [-0.25, -0.2) is 17.1 Å². The van der Waals surface area contributed by atoms with Gasteiger partial charge in [-0.15, -0.1) is 0 Å². The highest BCUT2D eigenvalue weighted by Crippen LogP contribution is 2.24. The van der Waals surface area contributed by atoms with E-state index in [-0.39, 0.29) is 9.92 Å². The van der Waals surface area contributed by atoms with Gasteiger partial charge in [-0.3, -0.25) is 4.99 Å². The second kappa shape index (κ2) is 6.26. The van der Waals surface area contributed by atoms with Crippen molar-refractivity contribution in [3.8, 4) is 0 Å². The third-order valence-electron chi connectivity index (χ3n) is 4.04. The molecule has 0 aliphatic carbocycles. The lowest BCUT2D eigenvalue weighted by molar-refractivity contribution is 0.208. The largest absolute Gasteiger partial charge is 0.339 e. The van der Waals surface area contributed by atoms with Crippen molar-refractivity contribution in [1.29, 1.82) is 0 Å². The lowest BCUT2D eigenvalue weighted by atomic mass is 10.3. The number of piperazine rings is 1. The summed E-state index contributed by atoms with van der Waals surface area (Å²) in [5.41, 5.74) is 0. The van der Waals surface area contributed by atoms with E-state index in [0.717, 1.165) is 38.3 Å². The fraction of sp³-hybridized carbons (Fsp3) is 0.500. The molecule has 1 fully saturated rings. The molecule has 0 unspecified atom stereocenters. The third-order valence-corrected chi connectivity index (χ3v) is 6.11. The standard InChI is InChI=1S/C14H18ClFN4O2S/c1-18-6-8-19(9-7-18)14-17-4-5-20(14)23(21,22)11-2-3-13(16)12(15)10-11/h2-3,10H,4-9H2,1H3. The summed E-state index contributed by atoms with van der Waals surface area (Å²) in [4.78, 5) is 8.51. The number of aliphatic imine (C=N–C) groups is 1. The van der Waals surface area contributed by atoms with Crippen molar-refractivity contribution in [2.45, 2.75) is 4.90 Å². The van der Waals surface area contributed by atoms with Gasteiger partial charge in [0.15, 0.2) is 0 Å². The van der Waals surface area contributed by atoms with Crippen molar-refractivity contribution in [3.63, 3.8) is 0 Å². The van der Waals surface area contributed by atoms with Gasteiger partial charge in [-0.05, 0) is 25.2 Å². The Bertz CT molecular complexity index is 732. The molecule has 2 aliphatic heterocycles. The maximum atomic E-state index is 13.3. The molecule has 6 nitrogen and oxygen atoms in total. The first kappa shape index (κ1) is 16.5. The minimum atomic E-state index is -3.79. The van der Waals surface area contributed by atoms with Crippen LogP contribution in [-0.4, -0.2) is 74.8 Å². The molecule has 1 aromatic carbocycles. The second-order valence-corrected chi connectivity index (χ2v) is 7.89. The van der Waals surface area contributed by atoms with Crippen LogP contribution in [0.15, 0.2) is 28.1 Å². The average molecular weight is 361 g/mol. The molecule has 2 aliphatic rings. The molecule has 126 valence electrons. The van der Waals surface area contributed by atoms with Gasteiger partial charge in [-0.2, -0.15) is 0 Å². The molecule has 0 atom stereocenters. The lowest BCUT2D eigenvalue weighted by Crippen LogP contribution is -2.52. The fourth-order valence-electron chi connectivity index (χ4n) is 2.68. The molecule has 1 aromatic rings. The topological polar surface area (TPSA) is 56.2 Å². The van der Waals surface area contributed by atoms with Crippen LogP contribution in [-0.2, 0) is 10.0 Å². The molecule has 1 saturated heterocycles. The van der Waals surface area contributed by atoms with Crippen LogP contribution in [0.1, 0.15) is 0 Å². The molecular weight excluding hydrogens is 343 g/mol. The van der Waals surface area contributed by atoms with Gasteiger partial charge in [0, 0.05) is 26.2 Å². The maximum absolute atomic E-state index is 13.3. The summed E-state index contributed by atoms with van der Waals surface area (Å²) in [7, 11) is -1.76. The summed E-state index contributed by atoms with van der Waals surface area (Å²) >= 11 is 5.72. The van der Waals surface area contributed by atoms with Gasteiger partial charge in [-0.1, -0.05) is 11.6 Å². The quantitative estimate of drug-likeness (QED) is 0.792. The summed E-state index contributed by atoms with van der Waals surface area (Å²) in [6, 6.07) is 3.45. The molecule has 0 bridgehead atoms. The lowest BCUT2D eigenvalue weighted by Gasteiger charge is -2.36. The highest BCUT2D eigenvalue weighted by molar-refractivity contribution is 7.89. The SMILES string of the molecule is CN1CCN(C2=NCCN2S(=O)(=O)c2ccc(F)c(Cl)c2)CC1. The summed E-state index contributed by atoms with van der Waals surface area (Å²) in [5.74, 6) is -0.168. The van der Waals surface area contributed by atoms with Gasteiger partial charge in [0.2, 0.25) is 5.96 Å². The van der Waals surface area contributed by atoms with E-state index in [1.165, 1.54) is 10.4 Å². The van der Waals surface area contributed by atoms with Crippen molar-refractivity contribution in [2.75, 3.05) is 46.3 Å². The van der Waals surface area contributed by atoms with Crippen molar-refractivity contribution in [2.24, 2.45) is 4.99 Å². The van der Waals surface area contributed by atoms with E-state index in [1.54, 1.807) is 0 Å². The Labute approximate surface area is 140 Å². The summed E-state index contributed by atoms with van der Waals surface area (Å²) in [6.07, 6.45) is 0. The minimum Gasteiger partial charge on any atom is -0.339 e. The first-order chi connectivity index (χ1) is 10.9. The highest BCUT2D eigenvalue weighted by Gasteiger charge is 2.34. The predicted molar refractivity (Wildman–Crippen MR) is 86.7 cm³/mol. The number of sulfonamides is 1. The Kier molecular flexibility index (Phi) is 4.48. The number of halogens is 2. The van der Waals surface area contributed by atoms with E-state index in [2.05, 4.69) is 9.89 Å². The summed E-state index contributed by atoms with van der Waals surface area (Å²) in [5, 5.41) is -0.205. The molecule has 0 saturated carbocycles. The van der Waals surface area contributed by atoms with E-state index >= 15 is 0 Å². The molecule has 0 radical (unpaired) electrons. The van der Waals surface area contributed by atoms with Crippen LogP contribution < -0.4 is 0 Å². The number of benzene rings is 1. The van der Waals surface area contributed by atoms with Crippen molar-refractivity contribution >= 4 is 27.6 Å². The Morgan fingerprint density at radius 3 is 2.52 bits per heavy atom. The van der Waals surface area contributed by atoms with E-state index < -0.39 is 15.8 Å². The van der Waals surface area contributed by atoms with Crippen molar-refractivity contribution < 1.29 is 12.8 Å². The maximum Gasteiger partial charge on any atom is 0.266 e. The smallest absolute Gasteiger partial charge is 0.266 e. The van der Waals surface area contributed by atoms with E-state index in [4.69, 9.17) is 11.6 Å². The van der Waals surface area contributed by atoms with Gasteiger partial charge < -0.3 is 9.80 Å². The van der Waals surface area contributed by atoms with Crippen molar-refractivity contribution in [1.82, 2.24) is 14.1 Å². The van der Waals surface area contributed by atoms with Crippen LogP contribution in [0.3, 0.4) is 0 Å². The Morgan fingerprint density at radius 1 is 1.17 bits per heavy atom. The predicted octanol–water partition coefficient (Wildman–Crippen LogP) is 1.09. The Balaban J connectivity index is 1.87. The van der Waals surface area contributed by atoms with Gasteiger partial charge >= 0.3 is 0 Å². The number of hydrogen-bond acceptors (Lipinski definition) is 5. The molecule has 3 rings (SSSR count). The molecule has 0 N–H and O–H groups in total. The number of likely N-dealkylation sites (N-methyl/N-ethyl adjacent to an activating group) is 1. The highest BCUT2D eigenvalue weighted by atomic mass is 35.5. The van der Waals surface area contributed by atoms with Crippen LogP contribution in [0.25, 0.3) is 0 Å². The molecular formula is C14H18ClFN4O2S. The zero-order valence-corrected chi connectivity index (χ0v) is 14.3. The monoisotopic (exact) mass is 360 g/mol. The van der Waals surface area contributed by atoms with E-state index in [9.17, 15) is 12.8 Å². The average Bonchev–Trinajstić information content (AvgIpc) is 3.01. The molecule has 0 aromatic heterocycles. The molecule has 23 heavy (non-hydrogen) atoms. The number of guanidine groups is 1. The molecule has 2 heterocycles. The van der Waals surface area contributed by atoms with Gasteiger partial charge in [0.1, 0.15) is 5.82 Å². The minimum absolute atomic E-state index is 0.0207. The zero-order chi connectivity index (χ0) is 16.6. The summed E-state index contributed by atoms with van der Waals surface area (Å²) in [6.45, 7) is 3.89. The van der Waals surface area contributed by atoms with Crippen LogP contribution in [0.5, 0.6) is 0 Å². The van der Waals surface area contributed by atoms with Crippen molar-refractivity contribution in [3.05, 3.63) is 29.0 Å². The number of nitrogens with zero attached hydrogens (tertiary/aromatic N) is 4. The zero-order valence-electron chi connectivity index (χ0n) is 12.7. The summed E-state index contributed by atoms with van der Waals surface area (Å²) < 4.78 is 40.3. The van der Waals surface area contributed by atoms with E-state index in [0.29, 0.717) is 19.0 Å². The number of hydrogen-bond donors (Lipinski definition) is 0. The molecule has 0 spiro atoms. The van der Waals surface area contributed by atoms with Crippen LogP contribution in [0.2, 0.25) is 5.02 Å². The molecule has 0 amide bonds. The first-order valence-corrected chi connectivity index (χ1v) is 9.17. The van der Waals surface area contributed by atoms with E-state index in [1.807, 2.05) is 11.9 Å². The normalized spacial score (nSPS) is 20.0. The van der Waals surface area contributed by atoms with Gasteiger partial charge in [0.25, 0.3) is 10.0 Å². The second-order valence-electron chi connectivity index (χ2n) is 5.63.